The van der Waals surface area contributed by atoms with Crippen molar-refractivity contribution in [1.82, 2.24) is 9.78 Å². The molecule has 3 N–H and O–H groups in total. The number of nitrogens with two attached hydrogens (primary N) is 1. The lowest BCUT2D eigenvalue weighted by Gasteiger charge is -2.09. The summed E-state index contributed by atoms with van der Waals surface area (Å²) in [6, 6.07) is 4.91. The zero-order valence-electron chi connectivity index (χ0n) is 9.24. The number of halogens is 2. The van der Waals surface area contributed by atoms with Crippen LogP contribution in [0.15, 0.2) is 24.4 Å². The summed E-state index contributed by atoms with van der Waals surface area (Å²) in [6.45, 7) is 0.519. The molecule has 0 aliphatic heterocycles. The molecule has 0 saturated heterocycles. The Morgan fingerprint density at radius 3 is 2.94 bits per heavy atom. The predicted molar refractivity (Wildman–Crippen MR) is 74.1 cm³/mol. The Balaban J connectivity index is 2.11. The molecule has 0 unspecified atom stereocenters. The average molecular weight is 346 g/mol. The second-order valence-corrected chi connectivity index (χ2v) is 4.85. The Labute approximate surface area is 112 Å². The highest BCUT2D eigenvalue weighted by Gasteiger charge is 2.06. The summed E-state index contributed by atoms with van der Waals surface area (Å²) in [4.78, 5) is 0. The zero-order valence-corrected chi connectivity index (χ0v) is 11.4. The fourth-order valence-corrected chi connectivity index (χ4v) is 1.95. The Morgan fingerprint density at radius 2 is 2.29 bits per heavy atom. The van der Waals surface area contributed by atoms with Gasteiger partial charge in [0.25, 0.3) is 0 Å². The summed E-state index contributed by atoms with van der Waals surface area (Å²) in [5.74, 6) is -0.275. The van der Waals surface area contributed by atoms with Crippen molar-refractivity contribution in [2.45, 2.75) is 6.54 Å². The molecule has 0 aliphatic carbocycles. The maximum atomic E-state index is 13.4. The van der Waals surface area contributed by atoms with Crippen molar-refractivity contribution in [3.8, 4) is 0 Å². The topological polar surface area (TPSA) is 55.9 Å². The highest BCUT2D eigenvalue weighted by molar-refractivity contribution is 14.1. The van der Waals surface area contributed by atoms with Crippen molar-refractivity contribution in [1.29, 1.82) is 0 Å². The van der Waals surface area contributed by atoms with Gasteiger partial charge in [-0.2, -0.15) is 5.10 Å². The summed E-state index contributed by atoms with van der Waals surface area (Å²) in [7, 11) is 1.85. The van der Waals surface area contributed by atoms with Crippen LogP contribution in [0, 0.1) is 9.39 Å². The molecule has 17 heavy (non-hydrogen) atoms. The van der Waals surface area contributed by atoms with Gasteiger partial charge in [0.1, 0.15) is 5.82 Å². The highest BCUT2D eigenvalue weighted by Crippen LogP contribution is 2.24. The molecular formula is C11H12FIN4. The zero-order chi connectivity index (χ0) is 12.4. The number of rotatable bonds is 3. The smallest absolute Gasteiger partial charge is 0.138 e. The van der Waals surface area contributed by atoms with Gasteiger partial charge in [-0.3, -0.25) is 4.68 Å². The monoisotopic (exact) mass is 346 g/mol. The number of anilines is 2. The van der Waals surface area contributed by atoms with Gasteiger partial charge in [-0.05, 0) is 34.7 Å². The van der Waals surface area contributed by atoms with Gasteiger partial charge in [-0.1, -0.05) is 0 Å². The minimum absolute atomic E-state index is 0.275. The molecule has 4 nitrogen and oxygen atoms in total. The van der Waals surface area contributed by atoms with Crippen molar-refractivity contribution in [2.75, 3.05) is 11.1 Å². The van der Waals surface area contributed by atoms with E-state index in [1.165, 1.54) is 6.07 Å². The lowest BCUT2D eigenvalue weighted by Crippen LogP contribution is -2.04. The van der Waals surface area contributed by atoms with Crippen LogP contribution in [0.25, 0.3) is 0 Å². The van der Waals surface area contributed by atoms with E-state index in [1.807, 2.05) is 41.9 Å². The van der Waals surface area contributed by atoms with Gasteiger partial charge in [0.05, 0.1) is 27.2 Å². The number of aromatic nitrogens is 2. The van der Waals surface area contributed by atoms with Crippen LogP contribution >= 0.6 is 22.6 Å². The molecule has 0 amide bonds. The molecule has 1 heterocycles. The lowest BCUT2D eigenvalue weighted by atomic mass is 10.2. The predicted octanol–water partition coefficient (Wildman–Crippen LogP) is 2.36. The molecule has 0 spiro atoms. The molecule has 1 aromatic heterocycles. The Bertz CT molecular complexity index is 538. The summed E-state index contributed by atoms with van der Waals surface area (Å²) >= 11 is 1.91. The van der Waals surface area contributed by atoms with Gasteiger partial charge in [0, 0.05) is 19.3 Å². The summed E-state index contributed by atoms with van der Waals surface area (Å²) < 4.78 is 15.6. The van der Waals surface area contributed by atoms with E-state index in [0.717, 1.165) is 5.69 Å². The fraction of sp³-hybridized carbons (Fsp3) is 0.182. The molecule has 0 radical (unpaired) electrons. The third-order valence-corrected chi connectivity index (χ3v) is 3.15. The first kappa shape index (κ1) is 12.2. The van der Waals surface area contributed by atoms with Gasteiger partial charge >= 0.3 is 0 Å². The van der Waals surface area contributed by atoms with Crippen LogP contribution in [-0.2, 0) is 13.6 Å². The van der Waals surface area contributed by atoms with Crippen molar-refractivity contribution in [2.24, 2.45) is 7.05 Å². The first-order chi connectivity index (χ1) is 8.06. The van der Waals surface area contributed by atoms with Crippen LogP contribution in [0.5, 0.6) is 0 Å². The highest BCUT2D eigenvalue weighted by atomic mass is 127. The summed E-state index contributed by atoms with van der Waals surface area (Å²) in [6.07, 6.45) is 1.86. The van der Waals surface area contributed by atoms with E-state index in [2.05, 4.69) is 10.4 Å². The van der Waals surface area contributed by atoms with Gasteiger partial charge < -0.3 is 11.1 Å². The minimum atomic E-state index is -0.275. The van der Waals surface area contributed by atoms with Crippen molar-refractivity contribution < 1.29 is 4.39 Å². The Kier molecular flexibility index (Phi) is 3.51. The van der Waals surface area contributed by atoms with Crippen LogP contribution in [-0.4, -0.2) is 9.78 Å². The standard InChI is InChI=1S/C11H12FIN4/c1-17-3-2-7(16-17)6-15-11-4-8(12)9(13)5-10(11)14/h2-5,15H,6,14H2,1H3. The maximum absolute atomic E-state index is 13.4. The molecule has 0 saturated carbocycles. The number of nitrogens with zero attached hydrogens (tertiary/aromatic N) is 2. The normalized spacial score (nSPS) is 10.5. The number of nitrogen functional groups attached to an aromatic ring is 1. The van der Waals surface area contributed by atoms with E-state index >= 15 is 0 Å². The number of hydrogen-bond acceptors (Lipinski definition) is 3. The van der Waals surface area contributed by atoms with E-state index in [4.69, 9.17) is 5.73 Å². The third kappa shape index (κ3) is 2.87. The van der Waals surface area contributed by atoms with Crippen LogP contribution in [0.1, 0.15) is 5.69 Å². The molecule has 1 aromatic carbocycles. The van der Waals surface area contributed by atoms with Crippen LogP contribution < -0.4 is 11.1 Å². The molecular weight excluding hydrogens is 334 g/mol. The van der Waals surface area contributed by atoms with E-state index in [1.54, 1.807) is 10.7 Å². The number of hydrogen-bond donors (Lipinski definition) is 2. The first-order valence-electron chi connectivity index (χ1n) is 5.03. The second kappa shape index (κ2) is 4.91. The maximum Gasteiger partial charge on any atom is 0.138 e. The van der Waals surface area contributed by atoms with Gasteiger partial charge in [0.15, 0.2) is 0 Å². The average Bonchev–Trinajstić information content (AvgIpc) is 2.68. The summed E-state index contributed by atoms with van der Waals surface area (Å²) in [5, 5.41) is 7.28. The number of aryl methyl sites for hydroxylation is 1. The minimum Gasteiger partial charge on any atom is -0.397 e. The first-order valence-corrected chi connectivity index (χ1v) is 6.11. The fourth-order valence-electron chi connectivity index (χ4n) is 1.46. The summed E-state index contributed by atoms with van der Waals surface area (Å²) in [5.41, 5.74) is 7.81. The third-order valence-electron chi connectivity index (χ3n) is 2.32. The molecule has 0 atom stereocenters. The van der Waals surface area contributed by atoms with E-state index in [0.29, 0.717) is 21.5 Å². The number of nitrogens with one attached hydrogen (secondary N) is 1. The molecule has 6 heteroatoms. The van der Waals surface area contributed by atoms with Gasteiger partial charge in [0.2, 0.25) is 0 Å². The molecule has 0 fully saturated rings. The molecule has 90 valence electrons. The Hall–Kier alpha value is -1.31. The van der Waals surface area contributed by atoms with E-state index in [-0.39, 0.29) is 5.82 Å². The van der Waals surface area contributed by atoms with Gasteiger partial charge in [-0.25, -0.2) is 4.39 Å². The molecule has 2 rings (SSSR count). The van der Waals surface area contributed by atoms with Gasteiger partial charge in [-0.15, -0.1) is 0 Å². The molecule has 0 bridgehead atoms. The lowest BCUT2D eigenvalue weighted by molar-refractivity contribution is 0.621. The van der Waals surface area contributed by atoms with E-state index < -0.39 is 0 Å². The Morgan fingerprint density at radius 1 is 1.53 bits per heavy atom. The van der Waals surface area contributed by atoms with Crippen LogP contribution in [0.2, 0.25) is 0 Å². The molecule has 2 aromatic rings. The number of benzene rings is 1. The molecule has 0 aliphatic rings. The van der Waals surface area contributed by atoms with Crippen molar-refractivity contribution >= 4 is 34.0 Å². The van der Waals surface area contributed by atoms with Crippen molar-refractivity contribution in [3.63, 3.8) is 0 Å². The quantitative estimate of drug-likeness (QED) is 0.663. The SMILES string of the molecule is Cn1ccc(CNc2cc(F)c(I)cc2N)n1. The van der Waals surface area contributed by atoms with Crippen molar-refractivity contribution in [3.05, 3.63) is 39.5 Å². The second-order valence-electron chi connectivity index (χ2n) is 3.69. The largest absolute Gasteiger partial charge is 0.397 e. The van der Waals surface area contributed by atoms with Crippen LogP contribution in [0.4, 0.5) is 15.8 Å². The van der Waals surface area contributed by atoms with E-state index in [9.17, 15) is 4.39 Å². The van der Waals surface area contributed by atoms with Crippen LogP contribution in [0.3, 0.4) is 0 Å².